The summed E-state index contributed by atoms with van der Waals surface area (Å²) >= 11 is 0. The number of hydrogen-bond acceptors (Lipinski definition) is 3. The highest BCUT2D eigenvalue weighted by atomic mass is 16.6. The minimum absolute atomic E-state index is 0.184. The van der Waals surface area contributed by atoms with Crippen LogP contribution in [0.3, 0.4) is 0 Å². The topological polar surface area (TPSA) is 53.3 Å². The molecule has 1 aliphatic rings. The summed E-state index contributed by atoms with van der Waals surface area (Å²) in [6.45, 7) is 0.184. The van der Waals surface area contributed by atoms with Crippen LogP contribution in [-0.4, -0.2) is 11.0 Å². The van der Waals surface area contributed by atoms with E-state index in [9.17, 15) is 10.1 Å². The summed E-state index contributed by atoms with van der Waals surface area (Å²) in [7, 11) is 0. The number of amides is 1. The molecule has 0 aliphatic carbocycles. The Bertz CT molecular complexity index is 747. The zero-order chi connectivity index (χ0) is 15.4. The van der Waals surface area contributed by atoms with E-state index in [2.05, 4.69) is 6.07 Å². The van der Waals surface area contributed by atoms with Gasteiger partial charge in [-0.15, -0.1) is 0 Å². The maximum absolute atomic E-state index is 12.3. The molecule has 0 saturated heterocycles. The van der Waals surface area contributed by atoms with Gasteiger partial charge in [0.2, 0.25) is 0 Å². The molecular weight excluding hydrogens is 276 g/mol. The zero-order valence-corrected chi connectivity index (χ0v) is 11.8. The van der Waals surface area contributed by atoms with Gasteiger partial charge in [0, 0.05) is 6.20 Å². The molecule has 0 saturated carbocycles. The number of carbonyl (C=O) groups excluding carboxylic acids is 1. The number of ether oxygens (including phenoxy) is 1. The Morgan fingerprint density at radius 1 is 1.14 bits per heavy atom. The minimum atomic E-state index is -0.663. The molecular formula is C18H14N2O2. The van der Waals surface area contributed by atoms with Crippen LogP contribution in [-0.2, 0) is 11.3 Å². The van der Waals surface area contributed by atoms with Crippen molar-refractivity contribution in [2.24, 2.45) is 0 Å². The summed E-state index contributed by atoms with van der Waals surface area (Å²) in [5.74, 6) is 0. The van der Waals surface area contributed by atoms with Crippen molar-refractivity contribution >= 4 is 12.2 Å². The predicted molar refractivity (Wildman–Crippen MR) is 82.3 cm³/mol. The number of fused-ring (bicyclic) bond motifs is 1. The number of carbonyl (C=O) groups is 1. The lowest BCUT2D eigenvalue weighted by atomic mass is 9.97. The molecule has 0 spiro atoms. The molecule has 4 nitrogen and oxygen atoms in total. The van der Waals surface area contributed by atoms with Gasteiger partial charge < -0.3 is 4.74 Å². The van der Waals surface area contributed by atoms with E-state index in [-0.39, 0.29) is 6.61 Å². The first kappa shape index (κ1) is 13.9. The van der Waals surface area contributed by atoms with Gasteiger partial charge in [-0.2, -0.15) is 5.26 Å². The van der Waals surface area contributed by atoms with Crippen LogP contribution in [0, 0.1) is 11.3 Å². The highest BCUT2D eigenvalue weighted by molar-refractivity contribution is 5.74. The monoisotopic (exact) mass is 290 g/mol. The van der Waals surface area contributed by atoms with Crippen molar-refractivity contribution in [1.82, 2.24) is 4.90 Å². The molecule has 0 N–H and O–H groups in total. The average molecular weight is 290 g/mol. The molecule has 1 heterocycles. The van der Waals surface area contributed by atoms with Gasteiger partial charge >= 0.3 is 6.09 Å². The molecule has 3 rings (SSSR count). The fourth-order valence-corrected chi connectivity index (χ4v) is 2.40. The molecule has 4 heteroatoms. The first-order chi connectivity index (χ1) is 10.8. The zero-order valence-electron chi connectivity index (χ0n) is 11.8. The first-order valence-corrected chi connectivity index (χ1v) is 6.95. The first-order valence-electron chi connectivity index (χ1n) is 6.95. The molecule has 1 atom stereocenters. The Kier molecular flexibility index (Phi) is 3.88. The quantitative estimate of drug-likeness (QED) is 0.843. The molecule has 22 heavy (non-hydrogen) atoms. The SMILES string of the molecule is N#C[C@@H]1c2ccccc2C=CN1C(=O)OCc1ccccc1. The molecule has 1 amide bonds. The van der Waals surface area contributed by atoms with Crippen LogP contribution >= 0.6 is 0 Å². The highest BCUT2D eigenvalue weighted by Gasteiger charge is 2.28. The lowest BCUT2D eigenvalue weighted by molar-refractivity contribution is 0.104. The number of nitriles is 1. The lowest BCUT2D eigenvalue weighted by Gasteiger charge is -2.27. The highest BCUT2D eigenvalue weighted by Crippen LogP contribution is 2.30. The Morgan fingerprint density at radius 2 is 1.86 bits per heavy atom. The summed E-state index contributed by atoms with van der Waals surface area (Å²) in [6.07, 6.45) is 2.89. The average Bonchev–Trinajstić information content (AvgIpc) is 2.59. The Labute approximate surface area is 128 Å². The Morgan fingerprint density at radius 3 is 2.64 bits per heavy atom. The van der Waals surface area contributed by atoms with Crippen molar-refractivity contribution in [3.8, 4) is 6.07 Å². The summed E-state index contributed by atoms with van der Waals surface area (Å²) in [6, 6.07) is 18.5. The van der Waals surface area contributed by atoms with E-state index < -0.39 is 12.1 Å². The van der Waals surface area contributed by atoms with E-state index in [0.29, 0.717) is 0 Å². The second kappa shape index (κ2) is 6.15. The summed E-state index contributed by atoms with van der Waals surface area (Å²) in [5, 5.41) is 9.41. The third-order valence-corrected chi connectivity index (χ3v) is 3.52. The van der Waals surface area contributed by atoms with Crippen molar-refractivity contribution < 1.29 is 9.53 Å². The van der Waals surface area contributed by atoms with Gasteiger partial charge in [-0.25, -0.2) is 4.79 Å². The van der Waals surface area contributed by atoms with E-state index >= 15 is 0 Å². The van der Waals surface area contributed by atoms with Crippen molar-refractivity contribution in [2.75, 3.05) is 0 Å². The minimum Gasteiger partial charge on any atom is -0.444 e. The van der Waals surface area contributed by atoms with Crippen molar-refractivity contribution in [1.29, 1.82) is 5.26 Å². The normalized spacial score (nSPS) is 15.8. The van der Waals surface area contributed by atoms with Crippen LogP contribution in [0.25, 0.3) is 6.08 Å². The van der Waals surface area contributed by atoms with Crippen LogP contribution in [0.4, 0.5) is 4.79 Å². The maximum atomic E-state index is 12.3. The van der Waals surface area contributed by atoms with Gasteiger partial charge in [-0.05, 0) is 22.8 Å². The number of benzene rings is 2. The van der Waals surface area contributed by atoms with Crippen LogP contribution in [0.1, 0.15) is 22.7 Å². The molecule has 0 bridgehead atoms. The van der Waals surface area contributed by atoms with Crippen molar-refractivity contribution in [2.45, 2.75) is 12.6 Å². The predicted octanol–water partition coefficient (Wildman–Crippen LogP) is 3.87. The van der Waals surface area contributed by atoms with Gasteiger partial charge in [-0.1, -0.05) is 54.6 Å². The lowest BCUT2D eigenvalue weighted by Crippen LogP contribution is -2.32. The standard InChI is InChI=1S/C18H14N2O2/c19-12-17-16-9-5-4-8-15(16)10-11-20(17)18(21)22-13-14-6-2-1-3-7-14/h1-11,17H,13H2/t17-/m1/s1. The molecule has 1 aliphatic heterocycles. The third kappa shape index (κ3) is 2.70. The van der Waals surface area contributed by atoms with E-state index in [1.165, 1.54) is 4.90 Å². The third-order valence-electron chi connectivity index (χ3n) is 3.52. The Hall–Kier alpha value is -3.06. The van der Waals surface area contributed by atoms with E-state index in [1.807, 2.05) is 60.7 Å². The number of rotatable bonds is 2. The van der Waals surface area contributed by atoms with Gasteiger partial charge in [0.05, 0.1) is 6.07 Å². The molecule has 2 aromatic rings. The van der Waals surface area contributed by atoms with Crippen LogP contribution in [0.5, 0.6) is 0 Å². The second-order valence-electron chi connectivity index (χ2n) is 4.92. The van der Waals surface area contributed by atoms with Crippen molar-refractivity contribution in [3.63, 3.8) is 0 Å². The number of nitrogens with zero attached hydrogens (tertiary/aromatic N) is 2. The van der Waals surface area contributed by atoms with E-state index in [1.54, 1.807) is 6.20 Å². The molecule has 108 valence electrons. The molecule has 0 fully saturated rings. The summed E-state index contributed by atoms with van der Waals surface area (Å²) < 4.78 is 5.30. The van der Waals surface area contributed by atoms with E-state index in [0.717, 1.165) is 16.7 Å². The van der Waals surface area contributed by atoms with Crippen LogP contribution < -0.4 is 0 Å². The molecule has 2 aromatic carbocycles. The summed E-state index contributed by atoms with van der Waals surface area (Å²) in [5.41, 5.74) is 2.66. The molecule has 0 radical (unpaired) electrons. The van der Waals surface area contributed by atoms with Gasteiger partial charge in [-0.3, -0.25) is 4.90 Å². The van der Waals surface area contributed by atoms with E-state index in [4.69, 9.17) is 4.74 Å². The van der Waals surface area contributed by atoms with Gasteiger partial charge in [0.1, 0.15) is 6.61 Å². The number of hydrogen-bond donors (Lipinski definition) is 0. The smallest absolute Gasteiger partial charge is 0.415 e. The fraction of sp³-hybridized carbons (Fsp3) is 0.111. The largest absolute Gasteiger partial charge is 0.444 e. The van der Waals surface area contributed by atoms with Crippen LogP contribution in [0.2, 0.25) is 0 Å². The molecule has 0 unspecified atom stereocenters. The fourth-order valence-electron chi connectivity index (χ4n) is 2.40. The summed E-state index contributed by atoms with van der Waals surface area (Å²) in [4.78, 5) is 13.6. The van der Waals surface area contributed by atoms with Crippen LogP contribution in [0.15, 0.2) is 60.8 Å². The molecule has 0 aromatic heterocycles. The van der Waals surface area contributed by atoms with Gasteiger partial charge in [0.15, 0.2) is 6.04 Å². The van der Waals surface area contributed by atoms with Gasteiger partial charge in [0.25, 0.3) is 0 Å². The second-order valence-corrected chi connectivity index (χ2v) is 4.92. The maximum Gasteiger partial charge on any atom is 0.415 e. The Balaban J connectivity index is 1.75. The van der Waals surface area contributed by atoms with Crippen molar-refractivity contribution in [3.05, 3.63) is 77.5 Å².